The van der Waals surface area contributed by atoms with Gasteiger partial charge in [-0.2, -0.15) is 26.3 Å². The van der Waals surface area contributed by atoms with Crippen LogP contribution >= 0.6 is 0 Å². The Balaban J connectivity index is 3.30. The Morgan fingerprint density at radius 3 is 1.76 bits per heavy atom. The minimum atomic E-state index is -5.74. The second kappa shape index (κ2) is 3.90. The Hall–Kier alpha value is -0.720. The molecule has 1 unspecified atom stereocenters. The maximum Gasteiger partial charge on any atom is 0.426 e. The monoisotopic (exact) mass is 262 g/mol. The maximum atomic E-state index is 12.6. The van der Waals surface area contributed by atoms with Crippen LogP contribution in [0.1, 0.15) is 26.2 Å². The smallest absolute Gasteiger partial charge is 0.373 e. The number of aliphatic hydroxyl groups is 1. The van der Waals surface area contributed by atoms with Crippen molar-refractivity contribution in [1.29, 1.82) is 0 Å². The second-order valence-electron chi connectivity index (χ2n) is 4.48. The van der Waals surface area contributed by atoms with E-state index in [2.05, 4.69) is 0 Å². The van der Waals surface area contributed by atoms with Crippen LogP contribution in [-0.2, 0) is 0 Å². The number of hydrogen-bond acceptors (Lipinski definition) is 1. The SMILES string of the molecule is CC1(C(O)(C(F)(F)F)C(F)(F)F)CC=CCC1. The zero-order valence-corrected chi connectivity index (χ0v) is 8.99. The molecule has 0 aromatic rings. The number of allylic oxidation sites excluding steroid dienone is 2. The first kappa shape index (κ1) is 14.3. The molecule has 1 nitrogen and oxygen atoms in total. The lowest BCUT2D eigenvalue weighted by Gasteiger charge is -2.47. The van der Waals surface area contributed by atoms with Crippen molar-refractivity contribution in [3.63, 3.8) is 0 Å². The van der Waals surface area contributed by atoms with Gasteiger partial charge in [0, 0.05) is 5.41 Å². The van der Waals surface area contributed by atoms with E-state index in [4.69, 9.17) is 0 Å². The molecule has 0 aromatic carbocycles. The van der Waals surface area contributed by atoms with E-state index >= 15 is 0 Å². The standard InChI is InChI=1S/C10H12F6O/c1-7(5-3-2-4-6-7)8(17,9(11,12)13)10(14,15)16/h2-3,17H,4-6H2,1H3. The molecule has 0 amide bonds. The molecule has 1 aliphatic rings. The zero-order chi connectivity index (χ0) is 13.5. The minimum Gasteiger partial charge on any atom is -0.373 e. The van der Waals surface area contributed by atoms with Crippen LogP contribution < -0.4 is 0 Å². The molecule has 0 saturated carbocycles. The van der Waals surface area contributed by atoms with E-state index in [1.165, 1.54) is 12.2 Å². The molecule has 17 heavy (non-hydrogen) atoms. The molecule has 0 saturated heterocycles. The molecular weight excluding hydrogens is 250 g/mol. The first-order valence-corrected chi connectivity index (χ1v) is 4.96. The molecule has 0 aliphatic heterocycles. The molecule has 1 aliphatic carbocycles. The highest BCUT2D eigenvalue weighted by molar-refractivity contribution is 5.11. The lowest BCUT2D eigenvalue weighted by atomic mass is 9.65. The van der Waals surface area contributed by atoms with Gasteiger partial charge in [0.15, 0.2) is 0 Å². The Bertz CT molecular complexity index is 302. The molecule has 0 bridgehead atoms. The summed E-state index contributed by atoms with van der Waals surface area (Å²) in [5.41, 5.74) is -6.95. The number of halogens is 6. The van der Waals surface area contributed by atoms with Crippen molar-refractivity contribution >= 4 is 0 Å². The average Bonchev–Trinajstić information content (AvgIpc) is 2.14. The van der Waals surface area contributed by atoms with Gasteiger partial charge in [-0.1, -0.05) is 19.1 Å². The maximum absolute atomic E-state index is 12.6. The van der Waals surface area contributed by atoms with Crippen molar-refractivity contribution in [2.24, 2.45) is 5.41 Å². The van der Waals surface area contributed by atoms with E-state index in [0.29, 0.717) is 0 Å². The summed E-state index contributed by atoms with van der Waals surface area (Å²) in [5, 5.41) is 9.28. The van der Waals surface area contributed by atoms with Crippen molar-refractivity contribution < 1.29 is 31.4 Å². The largest absolute Gasteiger partial charge is 0.426 e. The zero-order valence-electron chi connectivity index (χ0n) is 8.99. The van der Waals surface area contributed by atoms with Crippen LogP contribution in [0.25, 0.3) is 0 Å². The lowest BCUT2D eigenvalue weighted by molar-refractivity contribution is -0.402. The summed E-state index contributed by atoms with van der Waals surface area (Å²) in [6.45, 7) is 0.817. The quantitative estimate of drug-likeness (QED) is 0.565. The van der Waals surface area contributed by atoms with Crippen molar-refractivity contribution in [1.82, 2.24) is 0 Å². The molecule has 100 valence electrons. The van der Waals surface area contributed by atoms with Gasteiger partial charge in [-0.05, 0) is 19.3 Å². The molecule has 0 aromatic heterocycles. The Labute approximate surface area is 94.1 Å². The molecule has 1 N–H and O–H groups in total. The van der Waals surface area contributed by atoms with Gasteiger partial charge in [-0.25, -0.2) is 0 Å². The van der Waals surface area contributed by atoms with Gasteiger partial charge in [-0.3, -0.25) is 0 Å². The van der Waals surface area contributed by atoms with Gasteiger partial charge in [0.2, 0.25) is 0 Å². The number of rotatable bonds is 1. The lowest BCUT2D eigenvalue weighted by Crippen LogP contribution is -2.66. The third-order valence-corrected chi connectivity index (χ3v) is 3.29. The summed E-state index contributed by atoms with van der Waals surface area (Å²) >= 11 is 0. The van der Waals surface area contributed by atoms with Crippen LogP contribution in [0.5, 0.6) is 0 Å². The molecule has 1 rings (SSSR count). The highest BCUT2D eigenvalue weighted by Gasteiger charge is 2.77. The van der Waals surface area contributed by atoms with Crippen molar-refractivity contribution in [3.8, 4) is 0 Å². The van der Waals surface area contributed by atoms with E-state index in [1.807, 2.05) is 0 Å². The fourth-order valence-corrected chi connectivity index (χ4v) is 2.14. The molecule has 1 atom stereocenters. The van der Waals surface area contributed by atoms with E-state index in [-0.39, 0.29) is 12.8 Å². The van der Waals surface area contributed by atoms with E-state index < -0.39 is 29.8 Å². The summed E-state index contributed by atoms with van der Waals surface area (Å²) in [7, 11) is 0. The second-order valence-corrected chi connectivity index (χ2v) is 4.48. The normalized spacial score (nSPS) is 27.3. The summed E-state index contributed by atoms with van der Waals surface area (Å²) in [5.74, 6) is 0. The number of hydrogen-bond donors (Lipinski definition) is 1. The third kappa shape index (κ3) is 2.05. The van der Waals surface area contributed by atoms with Gasteiger partial charge < -0.3 is 5.11 Å². The van der Waals surface area contributed by atoms with Gasteiger partial charge in [-0.15, -0.1) is 0 Å². The summed E-state index contributed by atoms with van der Waals surface area (Å²) in [6, 6.07) is 0. The predicted octanol–water partition coefficient (Wildman–Crippen LogP) is 3.59. The Morgan fingerprint density at radius 1 is 1.00 bits per heavy atom. The highest BCUT2D eigenvalue weighted by atomic mass is 19.4. The van der Waals surface area contributed by atoms with Gasteiger partial charge >= 0.3 is 12.4 Å². The summed E-state index contributed by atoms with van der Waals surface area (Å²) < 4.78 is 75.8. The van der Waals surface area contributed by atoms with Crippen LogP contribution in [0.15, 0.2) is 12.2 Å². The van der Waals surface area contributed by atoms with Crippen molar-refractivity contribution in [2.45, 2.75) is 44.1 Å². The van der Waals surface area contributed by atoms with Crippen LogP contribution in [0.2, 0.25) is 0 Å². The van der Waals surface area contributed by atoms with Crippen molar-refractivity contribution in [2.75, 3.05) is 0 Å². The van der Waals surface area contributed by atoms with Crippen LogP contribution in [0.4, 0.5) is 26.3 Å². The Morgan fingerprint density at radius 2 is 1.47 bits per heavy atom. The molecule has 0 fully saturated rings. The van der Waals surface area contributed by atoms with Crippen LogP contribution in [0.3, 0.4) is 0 Å². The minimum absolute atomic E-state index is 0.0883. The molecular formula is C10H12F6O. The number of alkyl halides is 6. The van der Waals surface area contributed by atoms with E-state index in [9.17, 15) is 31.4 Å². The summed E-state index contributed by atoms with van der Waals surface area (Å²) in [4.78, 5) is 0. The molecule has 0 spiro atoms. The first-order chi connectivity index (χ1) is 7.46. The Kier molecular flexibility index (Phi) is 3.29. The first-order valence-electron chi connectivity index (χ1n) is 4.96. The van der Waals surface area contributed by atoms with E-state index in [0.717, 1.165) is 6.92 Å². The van der Waals surface area contributed by atoms with Gasteiger partial charge in [0.05, 0.1) is 0 Å². The third-order valence-electron chi connectivity index (χ3n) is 3.29. The van der Waals surface area contributed by atoms with Gasteiger partial charge in [0.25, 0.3) is 5.60 Å². The van der Waals surface area contributed by atoms with Gasteiger partial charge in [0.1, 0.15) is 0 Å². The van der Waals surface area contributed by atoms with E-state index in [1.54, 1.807) is 0 Å². The summed E-state index contributed by atoms with van der Waals surface area (Å²) in [6.07, 6.45) is -9.47. The fraction of sp³-hybridized carbons (Fsp3) is 0.800. The highest BCUT2D eigenvalue weighted by Crippen LogP contribution is 2.57. The molecule has 0 heterocycles. The topological polar surface area (TPSA) is 20.2 Å². The fourth-order valence-electron chi connectivity index (χ4n) is 2.14. The molecule has 7 heteroatoms. The van der Waals surface area contributed by atoms with Crippen molar-refractivity contribution in [3.05, 3.63) is 12.2 Å². The van der Waals surface area contributed by atoms with Crippen LogP contribution in [-0.4, -0.2) is 23.1 Å². The predicted molar refractivity (Wildman–Crippen MR) is 48.2 cm³/mol. The molecule has 0 radical (unpaired) electrons. The van der Waals surface area contributed by atoms with Crippen LogP contribution in [0, 0.1) is 5.41 Å². The average molecular weight is 262 g/mol.